The van der Waals surface area contributed by atoms with Gasteiger partial charge in [-0.15, -0.1) is 0 Å². The predicted octanol–water partition coefficient (Wildman–Crippen LogP) is 3.90. The van der Waals surface area contributed by atoms with Crippen LogP contribution in [0.5, 0.6) is 5.75 Å². The third-order valence-corrected chi connectivity index (χ3v) is 5.07. The maximum atomic E-state index is 12.9. The summed E-state index contributed by atoms with van der Waals surface area (Å²) in [6, 6.07) is 22.6. The number of amides is 2. The zero-order chi connectivity index (χ0) is 21.6. The highest BCUT2D eigenvalue weighted by Gasteiger charge is 2.35. The lowest BCUT2D eigenvalue weighted by Gasteiger charge is -2.17. The third-order valence-electron chi connectivity index (χ3n) is 5.07. The lowest BCUT2D eigenvalue weighted by molar-refractivity contribution is -0.125. The predicted molar refractivity (Wildman–Crippen MR) is 116 cm³/mol. The molecule has 7 heteroatoms. The van der Waals surface area contributed by atoms with E-state index in [1.165, 1.54) is 12.1 Å². The van der Waals surface area contributed by atoms with Crippen LogP contribution in [0.3, 0.4) is 0 Å². The van der Waals surface area contributed by atoms with Crippen molar-refractivity contribution < 1.29 is 18.7 Å². The Kier molecular flexibility index (Phi) is 6.12. The fourth-order valence-corrected chi connectivity index (χ4v) is 3.36. The zero-order valence-electron chi connectivity index (χ0n) is 16.8. The monoisotopic (exact) mass is 419 g/mol. The smallest absolute Gasteiger partial charge is 0.243 e. The van der Waals surface area contributed by atoms with Crippen molar-refractivity contribution in [3.05, 3.63) is 90.2 Å². The number of nitrogens with one attached hydrogen (secondary N) is 2. The van der Waals surface area contributed by atoms with Crippen molar-refractivity contribution in [2.24, 2.45) is 5.92 Å². The molecular weight excluding hydrogens is 397 g/mol. The summed E-state index contributed by atoms with van der Waals surface area (Å²) in [4.78, 5) is 26.4. The summed E-state index contributed by atoms with van der Waals surface area (Å²) in [6.45, 7) is 0.684. The number of anilines is 2. The Balaban J connectivity index is 1.26. The van der Waals surface area contributed by atoms with E-state index < -0.39 is 5.92 Å². The Bertz CT molecular complexity index is 1040. The normalized spacial score (nSPS) is 15.6. The Morgan fingerprint density at radius 1 is 1.00 bits per heavy atom. The number of carbonyl (C=O) groups is 2. The second kappa shape index (κ2) is 9.30. The SMILES string of the molecule is O=C(NNc1ccc(OCc2ccc(F)cc2)cc1)[C@@H]1CC(=O)N(c2ccccc2)C1. The van der Waals surface area contributed by atoms with E-state index in [1.54, 1.807) is 41.3 Å². The van der Waals surface area contributed by atoms with Gasteiger partial charge in [-0.1, -0.05) is 30.3 Å². The molecule has 31 heavy (non-hydrogen) atoms. The molecule has 0 aliphatic carbocycles. The highest BCUT2D eigenvalue weighted by Crippen LogP contribution is 2.25. The van der Waals surface area contributed by atoms with Gasteiger partial charge in [-0.05, 0) is 54.1 Å². The second-order valence-corrected chi connectivity index (χ2v) is 7.29. The maximum absolute atomic E-state index is 12.9. The number of hydrogen-bond donors (Lipinski definition) is 2. The summed E-state index contributed by atoms with van der Waals surface area (Å²) in [6.07, 6.45) is 0.179. The molecule has 158 valence electrons. The number of para-hydroxylation sites is 1. The van der Waals surface area contributed by atoms with Crippen LogP contribution in [0.15, 0.2) is 78.9 Å². The van der Waals surface area contributed by atoms with Gasteiger partial charge in [0.05, 0.1) is 11.6 Å². The van der Waals surface area contributed by atoms with Crippen LogP contribution in [0.25, 0.3) is 0 Å². The highest BCUT2D eigenvalue weighted by atomic mass is 19.1. The van der Waals surface area contributed by atoms with Crippen LogP contribution in [0.4, 0.5) is 15.8 Å². The molecule has 0 radical (unpaired) electrons. The average Bonchev–Trinajstić information content (AvgIpc) is 3.20. The van der Waals surface area contributed by atoms with Crippen molar-refractivity contribution in [1.82, 2.24) is 5.43 Å². The van der Waals surface area contributed by atoms with E-state index in [-0.39, 0.29) is 24.1 Å². The molecule has 1 atom stereocenters. The number of benzene rings is 3. The first-order chi connectivity index (χ1) is 15.1. The average molecular weight is 419 g/mol. The molecule has 1 heterocycles. The molecule has 3 aromatic rings. The number of rotatable bonds is 7. The van der Waals surface area contributed by atoms with E-state index in [0.717, 1.165) is 11.3 Å². The second-order valence-electron chi connectivity index (χ2n) is 7.29. The van der Waals surface area contributed by atoms with Crippen molar-refractivity contribution in [2.75, 3.05) is 16.9 Å². The van der Waals surface area contributed by atoms with E-state index in [4.69, 9.17) is 4.74 Å². The minimum Gasteiger partial charge on any atom is -0.489 e. The van der Waals surface area contributed by atoms with Crippen LogP contribution in [-0.4, -0.2) is 18.4 Å². The van der Waals surface area contributed by atoms with Crippen molar-refractivity contribution >= 4 is 23.2 Å². The van der Waals surface area contributed by atoms with Gasteiger partial charge >= 0.3 is 0 Å². The molecule has 1 aliphatic rings. The van der Waals surface area contributed by atoms with Crippen molar-refractivity contribution in [2.45, 2.75) is 13.0 Å². The van der Waals surface area contributed by atoms with Crippen molar-refractivity contribution in [3.63, 3.8) is 0 Å². The Labute approximate surface area is 179 Å². The van der Waals surface area contributed by atoms with Crippen LogP contribution in [0, 0.1) is 11.7 Å². The Morgan fingerprint density at radius 3 is 2.42 bits per heavy atom. The molecule has 0 saturated carbocycles. The van der Waals surface area contributed by atoms with Gasteiger partial charge in [0.2, 0.25) is 11.8 Å². The van der Waals surface area contributed by atoms with Crippen LogP contribution in [0.1, 0.15) is 12.0 Å². The number of ether oxygens (including phenoxy) is 1. The van der Waals surface area contributed by atoms with Gasteiger partial charge in [0, 0.05) is 18.7 Å². The van der Waals surface area contributed by atoms with Gasteiger partial charge in [-0.25, -0.2) is 4.39 Å². The van der Waals surface area contributed by atoms with Gasteiger partial charge in [0.1, 0.15) is 18.2 Å². The summed E-state index contributed by atoms with van der Waals surface area (Å²) >= 11 is 0. The number of halogens is 1. The largest absolute Gasteiger partial charge is 0.489 e. The molecule has 1 saturated heterocycles. The fourth-order valence-electron chi connectivity index (χ4n) is 3.36. The first kappa shape index (κ1) is 20.4. The van der Waals surface area contributed by atoms with Crippen LogP contribution >= 0.6 is 0 Å². The molecule has 0 aromatic heterocycles. The molecule has 0 bridgehead atoms. The van der Waals surface area contributed by atoms with E-state index in [0.29, 0.717) is 24.6 Å². The van der Waals surface area contributed by atoms with Gasteiger partial charge in [0.25, 0.3) is 0 Å². The van der Waals surface area contributed by atoms with Crippen LogP contribution < -0.4 is 20.5 Å². The highest BCUT2D eigenvalue weighted by molar-refractivity contribution is 6.00. The Morgan fingerprint density at radius 2 is 1.71 bits per heavy atom. The molecular formula is C24H22FN3O3. The lowest BCUT2D eigenvalue weighted by atomic mass is 10.1. The maximum Gasteiger partial charge on any atom is 0.243 e. The molecule has 2 N–H and O–H groups in total. The van der Waals surface area contributed by atoms with Crippen molar-refractivity contribution in [3.8, 4) is 5.75 Å². The summed E-state index contributed by atoms with van der Waals surface area (Å²) in [5, 5.41) is 0. The van der Waals surface area contributed by atoms with E-state index in [2.05, 4.69) is 10.9 Å². The molecule has 0 spiro atoms. The minimum atomic E-state index is -0.418. The molecule has 2 amide bonds. The zero-order valence-corrected chi connectivity index (χ0v) is 16.8. The van der Waals surface area contributed by atoms with Gasteiger partial charge < -0.3 is 9.64 Å². The van der Waals surface area contributed by atoms with E-state index >= 15 is 0 Å². The van der Waals surface area contributed by atoms with Gasteiger partial charge in [0.15, 0.2) is 0 Å². The summed E-state index contributed by atoms with van der Waals surface area (Å²) in [5.41, 5.74) is 7.90. The molecule has 1 aliphatic heterocycles. The molecule has 4 rings (SSSR count). The number of nitrogens with zero attached hydrogens (tertiary/aromatic N) is 1. The van der Waals surface area contributed by atoms with E-state index in [1.807, 2.05) is 30.3 Å². The summed E-state index contributed by atoms with van der Waals surface area (Å²) < 4.78 is 18.6. The van der Waals surface area contributed by atoms with Gasteiger partial charge in [-0.3, -0.25) is 20.4 Å². The first-order valence-electron chi connectivity index (χ1n) is 9.97. The molecule has 1 fully saturated rings. The number of hydrogen-bond acceptors (Lipinski definition) is 4. The summed E-state index contributed by atoms with van der Waals surface area (Å²) in [5.74, 6) is -0.340. The first-order valence-corrected chi connectivity index (χ1v) is 9.97. The quantitative estimate of drug-likeness (QED) is 0.570. The number of carbonyl (C=O) groups excluding carboxylic acids is 2. The third kappa shape index (κ3) is 5.19. The minimum absolute atomic E-state index is 0.0611. The lowest BCUT2D eigenvalue weighted by Crippen LogP contribution is -2.36. The number of hydrazine groups is 1. The van der Waals surface area contributed by atoms with Crippen LogP contribution in [-0.2, 0) is 16.2 Å². The molecule has 0 unspecified atom stereocenters. The Hall–Kier alpha value is -3.87. The van der Waals surface area contributed by atoms with Gasteiger partial charge in [-0.2, -0.15) is 0 Å². The standard InChI is InChI=1S/C24H22FN3O3/c25-19-8-6-17(7-9-19)16-31-22-12-10-20(11-13-22)26-27-24(30)18-14-23(29)28(15-18)21-4-2-1-3-5-21/h1-13,18,26H,14-16H2,(H,27,30)/t18-/m1/s1. The topological polar surface area (TPSA) is 70.7 Å². The molecule has 6 nitrogen and oxygen atoms in total. The van der Waals surface area contributed by atoms with Crippen LogP contribution in [0.2, 0.25) is 0 Å². The van der Waals surface area contributed by atoms with E-state index in [9.17, 15) is 14.0 Å². The van der Waals surface area contributed by atoms with Crippen molar-refractivity contribution in [1.29, 1.82) is 0 Å². The fraction of sp³-hybridized carbons (Fsp3) is 0.167. The summed E-state index contributed by atoms with van der Waals surface area (Å²) in [7, 11) is 0. The molecule has 3 aromatic carbocycles.